The zero-order valence-electron chi connectivity index (χ0n) is 10.3. The molecule has 1 aromatic heterocycles. The number of rotatable bonds is 5. The molecule has 19 heavy (non-hydrogen) atoms. The van der Waals surface area contributed by atoms with Crippen molar-refractivity contribution in [2.75, 3.05) is 19.8 Å². The number of hydrogen-bond acceptors (Lipinski definition) is 4. The lowest BCUT2D eigenvalue weighted by Crippen LogP contribution is -2.47. The van der Waals surface area contributed by atoms with Crippen LogP contribution in [0.15, 0.2) is 12.5 Å². The van der Waals surface area contributed by atoms with Gasteiger partial charge in [0.05, 0.1) is 25.6 Å². The molecule has 1 aliphatic heterocycles. The third-order valence-electron chi connectivity index (χ3n) is 2.95. The van der Waals surface area contributed by atoms with Gasteiger partial charge in [-0.05, 0) is 0 Å². The first-order valence-corrected chi connectivity index (χ1v) is 5.99. The SMILES string of the molecule is O=C(NCCc1cnc[nH]1)NC1COCC1C(=O)O. The fourth-order valence-corrected chi connectivity index (χ4v) is 1.89. The lowest BCUT2D eigenvalue weighted by Gasteiger charge is -2.16. The largest absolute Gasteiger partial charge is 0.481 e. The molecule has 1 aliphatic rings. The van der Waals surface area contributed by atoms with Crippen molar-refractivity contribution in [3.63, 3.8) is 0 Å². The molecule has 1 fully saturated rings. The van der Waals surface area contributed by atoms with E-state index in [9.17, 15) is 9.59 Å². The predicted octanol–water partition coefficient (Wildman–Crippen LogP) is -0.649. The van der Waals surface area contributed by atoms with E-state index in [1.165, 1.54) is 0 Å². The number of aromatic nitrogens is 2. The summed E-state index contributed by atoms with van der Waals surface area (Å²) < 4.78 is 5.06. The predicted molar refractivity (Wildman–Crippen MR) is 64.6 cm³/mol. The van der Waals surface area contributed by atoms with E-state index >= 15 is 0 Å². The van der Waals surface area contributed by atoms with E-state index in [0.29, 0.717) is 13.0 Å². The van der Waals surface area contributed by atoms with Gasteiger partial charge < -0.3 is 25.5 Å². The number of ether oxygens (including phenoxy) is 1. The molecule has 104 valence electrons. The molecule has 0 aromatic carbocycles. The Hall–Kier alpha value is -2.09. The van der Waals surface area contributed by atoms with Crippen molar-refractivity contribution >= 4 is 12.0 Å². The molecule has 2 heterocycles. The second kappa shape index (κ2) is 6.19. The van der Waals surface area contributed by atoms with Gasteiger partial charge in [0.15, 0.2) is 0 Å². The minimum atomic E-state index is -0.958. The van der Waals surface area contributed by atoms with Crippen LogP contribution in [0.3, 0.4) is 0 Å². The van der Waals surface area contributed by atoms with Crippen LogP contribution in [0, 0.1) is 5.92 Å². The Morgan fingerprint density at radius 2 is 2.37 bits per heavy atom. The van der Waals surface area contributed by atoms with E-state index in [1.54, 1.807) is 12.5 Å². The number of carboxylic acid groups (broad SMARTS) is 1. The number of hydrogen-bond donors (Lipinski definition) is 4. The van der Waals surface area contributed by atoms with Crippen molar-refractivity contribution in [2.24, 2.45) is 5.92 Å². The van der Waals surface area contributed by atoms with Crippen LogP contribution in [0.4, 0.5) is 4.79 Å². The van der Waals surface area contributed by atoms with Gasteiger partial charge in [-0.3, -0.25) is 4.79 Å². The highest BCUT2D eigenvalue weighted by Gasteiger charge is 2.34. The number of imidazole rings is 1. The van der Waals surface area contributed by atoms with E-state index in [0.717, 1.165) is 5.69 Å². The van der Waals surface area contributed by atoms with Crippen molar-refractivity contribution < 1.29 is 19.4 Å². The monoisotopic (exact) mass is 268 g/mol. The van der Waals surface area contributed by atoms with Crippen LogP contribution in [0.5, 0.6) is 0 Å². The number of H-pyrrole nitrogens is 1. The molecule has 1 aromatic rings. The van der Waals surface area contributed by atoms with E-state index < -0.39 is 17.9 Å². The van der Waals surface area contributed by atoms with Gasteiger partial charge in [0, 0.05) is 24.9 Å². The average molecular weight is 268 g/mol. The highest BCUT2D eigenvalue weighted by molar-refractivity contribution is 5.77. The molecular weight excluding hydrogens is 252 g/mol. The molecule has 2 atom stereocenters. The molecule has 2 amide bonds. The van der Waals surface area contributed by atoms with E-state index in [-0.39, 0.29) is 19.2 Å². The van der Waals surface area contributed by atoms with Crippen LogP contribution in [-0.4, -0.2) is 52.9 Å². The normalized spacial score (nSPS) is 22.1. The van der Waals surface area contributed by atoms with Crippen molar-refractivity contribution in [3.8, 4) is 0 Å². The molecule has 0 radical (unpaired) electrons. The number of carboxylic acids is 1. The maximum atomic E-state index is 11.6. The van der Waals surface area contributed by atoms with Gasteiger partial charge in [-0.1, -0.05) is 0 Å². The van der Waals surface area contributed by atoms with Crippen molar-refractivity contribution in [2.45, 2.75) is 12.5 Å². The molecule has 8 heteroatoms. The van der Waals surface area contributed by atoms with Crippen molar-refractivity contribution in [1.29, 1.82) is 0 Å². The topological polar surface area (TPSA) is 116 Å². The van der Waals surface area contributed by atoms with Gasteiger partial charge in [0.1, 0.15) is 5.92 Å². The summed E-state index contributed by atoms with van der Waals surface area (Å²) >= 11 is 0. The summed E-state index contributed by atoms with van der Waals surface area (Å²) in [5.74, 6) is -1.64. The number of nitrogens with zero attached hydrogens (tertiary/aromatic N) is 1. The lowest BCUT2D eigenvalue weighted by atomic mass is 10.0. The Balaban J connectivity index is 1.70. The molecule has 0 spiro atoms. The number of aromatic amines is 1. The van der Waals surface area contributed by atoms with Gasteiger partial charge in [0.25, 0.3) is 0 Å². The summed E-state index contributed by atoms with van der Waals surface area (Å²) in [4.78, 5) is 29.3. The second-order valence-corrected chi connectivity index (χ2v) is 4.32. The lowest BCUT2D eigenvalue weighted by molar-refractivity contribution is -0.142. The zero-order chi connectivity index (χ0) is 13.7. The summed E-state index contributed by atoms with van der Waals surface area (Å²) in [5, 5.41) is 14.2. The van der Waals surface area contributed by atoms with Gasteiger partial charge in [-0.2, -0.15) is 0 Å². The Kier molecular flexibility index (Phi) is 4.35. The number of carbonyl (C=O) groups excluding carboxylic acids is 1. The number of urea groups is 1. The summed E-state index contributed by atoms with van der Waals surface area (Å²) in [6.45, 7) is 0.804. The average Bonchev–Trinajstić information content (AvgIpc) is 2.99. The second-order valence-electron chi connectivity index (χ2n) is 4.32. The fraction of sp³-hybridized carbons (Fsp3) is 0.545. The van der Waals surface area contributed by atoms with Crippen molar-refractivity contribution in [1.82, 2.24) is 20.6 Å². The fourth-order valence-electron chi connectivity index (χ4n) is 1.89. The minimum absolute atomic E-state index is 0.133. The number of nitrogens with one attached hydrogen (secondary N) is 3. The Labute approximate surface area is 109 Å². The summed E-state index contributed by atoms with van der Waals surface area (Å²) in [6, 6.07) is -0.870. The maximum absolute atomic E-state index is 11.6. The van der Waals surface area contributed by atoms with Gasteiger partial charge in [0.2, 0.25) is 0 Å². The molecular formula is C11H16N4O4. The molecule has 2 rings (SSSR count). The van der Waals surface area contributed by atoms with Gasteiger partial charge in [-0.15, -0.1) is 0 Å². The smallest absolute Gasteiger partial charge is 0.315 e. The molecule has 1 saturated heterocycles. The Morgan fingerprint density at radius 1 is 1.53 bits per heavy atom. The summed E-state index contributed by atoms with van der Waals surface area (Å²) in [7, 11) is 0. The first-order chi connectivity index (χ1) is 9.16. The quantitative estimate of drug-likeness (QED) is 0.566. The van der Waals surface area contributed by atoms with Crippen LogP contribution < -0.4 is 10.6 Å². The zero-order valence-corrected chi connectivity index (χ0v) is 10.3. The van der Waals surface area contributed by atoms with Crippen LogP contribution in [0.2, 0.25) is 0 Å². The van der Waals surface area contributed by atoms with E-state index in [4.69, 9.17) is 9.84 Å². The van der Waals surface area contributed by atoms with E-state index in [2.05, 4.69) is 20.6 Å². The first-order valence-electron chi connectivity index (χ1n) is 5.99. The molecule has 8 nitrogen and oxygen atoms in total. The van der Waals surface area contributed by atoms with Crippen molar-refractivity contribution in [3.05, 3.63) is 18.2 Å². The molecule has 4 N–H and O–H groups in total. The minimum Gasteiger partial charge on any atom is -0.481 e. The third-order valence-corrected chi connectivity index (χ3v) is 2.95. The van der Waals surface area contributed by atoms with E-state index in [1.807, 2.05) is 0 Å². The maximum Gasteiger partial charge on any atom is 0.315 e. The van der Waals surface area contributed by atoms with Gasteiger partial charge in [-0.25, -0.2) is 9.78 Å². The molecule has 2 unspecified atom stereocenters. The Morgan fingerprint density at radius 3 is 3.05 bits per heavy atom. The molecule has 0 saturated carbocycles. The summed E-state index contributed by atoms with van der Waals surface area (Å²) in [6.07, 6.45) is 3.89. The standard InChI is InChI=1S/C11H16N4O4/c16-10(17)8-4-19-5-9(8)15-11(18)13-2-1-7-3-12-6-14-7/h3,6,8-9H,1-2,4-5H2,(H,12,14)(H,16,17)(H2,13,15,18). The number of aliphatic carboxylic acids is 1. The highest BCUT2D eigenvalue weighted by Crippen LogP contribution is 2.13. The van der Waals surface area contributed by atoms with Crippen LogP contribution in [-0.2, 0) is 16.0 Å². The number of amides is 2. The van der Waals surface area contributed by atoms with Crippen LogP contribution >= 0.6 is 0 Å². The molecule has 0 bridgehead atoms. The van der Waals surface area contributed by atoms with Gasteiger partial charge >= 0.3 is 12.0 Å². The Bertz CT molecular complexity index is 434. The highest BCUT2D eigenvalue weighted by atomic mass is 16.5. The van der Waals surface area contributed by atoms with Crippen LogP contribution in [0.1, 0.15) is 5.69 Å². The summed E-state index contributed by atoms with van der Waals surface area (Å²) in [5.41, 5.74) is 0.924. The third kappa shape index (κ3) is 3.68. The molecule has 0 aliphatic carbocycles. The van der Waals surface area contributed by atoms with Crippen LogP contribution in [0.25, 0.3) is 0 Å². The number of carbonyl (C=O) groups is 2. The first kappa shape index (κ1) is 13.3.